The minimum absolute atomic E-state index is 0.0112. The lowest BCUT2D eigenvalue weighted by Crippen LogP contribution is -2.48. The van der Waals surface area contributed by atoms with Crippen molar-refractivity contribution < 1.29 is 33.4 Å². The molecule has 1 atom stereocenters. The van der Waals surface area contributed by atoms with E-state index >= 15 is 0 Å². The van der Waals surface area contributed by atoms with E-state index < -0.39 is 29.1 Å². The van der Waals surface area contributed by atoms with Crippen molar-refractivity contribution >= 4 is 17.8 Å². The van der Waals surface area contributed by atoms with E-state index in [1.165, 1.54) is 6.07 Å². The summed E-state index contributed by atoms with van der Waals surface area (Å²) in [5.74, 6) is -1.85. The van der Waals surface area contributed by atoms with E-state index in [4.69, 9.17) is 14.6 Å². The zero-order valence-corrected chi connectivity index (χ0v) is 22.8. The van der Waals surface area contributed by atoms with Crippen molar-refractivity contribution in [1.82, 2.24) is 20.5 Å². The molecular weight excluding hydrogens is 531 g/mol. The van der Waals surface area contributed by atoms with E-state index in [0.717, 1.165) is 5.56 Å². The normalized spacial score (nSPS) is 16.2. The zero-order chi connectivity index (χ0) is 29.1. The molecule has 5 rings (SSSR count). The SMILES string of the molecule is CC(C)(C(=O)NC(=O)NCCO)C1c2ccc(-c3ccc(C(=O)N4CCOCC4)cc3)nc2Oc2c(F)cccc21. The fourth-order valence-corrected chi connectivity index (χ4v) is 5.16. The third-order valence-electron chi connectivity index (χ3n) is 7.37. The number of halogens is 1. The van der Waals surface area contributed by atoms with E-state index in [2.05, 4.69) is 15.6 Å². The molecule has 2 aromatic carbocycles. The Morgan fingerprint density at radius 1 is 1.05 bits per heavy atom. The summed E-state index contributed by atoms with van der Waals surface area (Å²) in [7, 11) is 0. The van der Waals surface area contributed by atoms with Crippen LogP contribution in [0.1, 0.15) is 41.3 Å². The van der Waals surface area contributed by atoms with Crippen molar-refractivity contribution in [2.45, 2.75) is 19.8 Å². The lowest BCUT2D eigenvalue weighted by molar-refractivity contribution is -0.128. The molecule has 214 valence electrons. The van der Waals surface area contributed by atoms with Crippen LogP contribution in [0.4, 0.5) is 9.18 Å². The van der Waals surface area contributed by atoms with Gasteiger partial charge in [-0.1, -0.05) is 44.2 Å². The van der Waals surface area contributed by atoms with Gasteiger partial charge in [-0.15, -0.1) is 0 Å². The highest BCUT2D eigenvalue weighted by Gasteiger charge is 2.45. The van der Waals surface area contributed by atoms with Gasteiger partial charge in [-0.05, 0) is 24.3 Å². The molecule has 3 N–H and O–H groups in total. The molecule has 3 aromatic rings. The summed E-state index contributed by atoms with van der Waals surface area (Å²) in [6.45, 7) is 5.17. The molecule has 0 spiro atoms. The number of pyridine rings is 1. The van der Waals surface area contributed by atoms with Crippen LogP contribution in [-0.2, 0) is 9.53 Å². The number of para-hydroxylation sites is 1. The van der Waals surface area contributed by atoms with Gasteiger partial charge in [0.2, 0.25) is 11.8 Å². The summed E-state index contributed by atoms with van der Waals surface area (Å²) in [5.41, 5.74) is 1.59. The number of aromatic nitrogens is 1. The Kier molecular flexibility index (Phi) is 8.00. The third kappa shape index (κ3) is 5.63. The van der Waals surface area contributed by atoms with Crippen molar-refractivity contribution in [3.8, 4) is 22.9 Å². The van der Waals surface area contributed by atoms with Gasteiger partial charge in [-0.3, -0.25) is 14.9 Å². The summed E-state index contributed by atoms with van der Waals surface area (Å²) in [5, 5.41) is 13.7. The molecule has 1 aromatic heterocycles. The minimum Gasteiger partial charge on any atom is -0.435 e. The third-order valence-corrected chi connectivity index (χ3v) is 7.37. The number of ether oxygens (including phenoxy) is 2. The molecule has 0 bridgehead atoms. The largest absolute Gasteiger partial charge is 0.435 e. The Morgan fingerprint density at radius 3 is 2.49 bits per heavy atom. The number of hydrogen-bond donors (Lipinski definition) is 3. The first-order valence-electron chi connectivity index (χ1n) is 13.4. The highest BCUT2D eigenvalue weighted by Crippen LogP contribution is 2.52. The fourth-order valence-electron chi connectivity index (χ4n) is 5.16. The highest BCUT2D eigenvalue weighted by atomic mass is 19.1. The molecule has 2 aliphatic rings. The van der Waals surface area contributed by atoms with Crippen LogP contribution < -0.4 is 15.4 Å². The molecular formula is C30H31FN4O6. The molecule has 2 aliphatic heterocycles. The van der Waals surface area contributed by atoms with Crippen LogP contribution in [0.25, 0.3) is 11.3 Å². The van der Waals surface area contributed by atoms with E-state index in [1.807, 2.05) is 0 Å². The van der Waals surface area contributed by atoms with E-state index in [1.54, 1.807) is 67.3 Å². The van der Waals surface area contributed by atoms with Crippen LogP contribution in [-0.4, -0.2) is 72.3 Å². The Hall–Kier alpha value is -4.35. The lowest BCUT2D eigenvalue weighted by Gasteiger charge is -2.37. The Labute approximate surface area is 236 Å². The van der Waals surface area contributed by atoms with Crippen molar-refractivity contribution in [3.63, 3.8) is 0 Å². The van der Waals surface area contributed by atoms with E-state index in [-0.39, 0.29) is 30.7 Å². The second-order valence-electron chi connectivity index (χ2n) is 10.4. The quantitative estimate of drug-likeness (QED) is 0.420. The van der Waals surface area contributed by atoms with Gasteiger partial charge in [0.25, 0.3) is 5.91 Å². The smallest absolute Gasteiger partial charge is 0.321 e. The Morgan fingerprint density at radius 2 is 1.78 bits per heavy atom. The summed E-state index contributed by atoms with van der Waals surface area (Å²) in [6.07, 6.45) is 0. The number of fused-ring (bicyclic) bond motifs is 2. The number of aliphatic hydroxyl groups is 1. The lowest BCUT2D eigenvalue weighted by atomic mass is 9.69. The van der Waals surface area contributed by atoms with Crippen LogP contribution in [0, 0.1) is 11.2 Å². The predicted octanol–water partition coefficient (Wildman–Crippen LogP) is 3.44. The van der Waals surface area contributed by atoms with Crippen molar-refractivity contribution in [3.05, 3.63) is 77.1 Å². The number of nitrogens with zero attached hydrogens (tertiary/aromatic N) is 2. The van der Waals surface area contributed by atoms with Crippen LogP contribution in [0.5, 0.6) is 11.6 Å². The zero-order valence-electron chi connectivity index (χ0n) is 22.8. The molecule has 1 saturated heterocycles. The molecule has 4 amide bonds. The maximum absolute atomic E-state index is 15.0. The molecule has 3 heterocycles. The summed E-state index contributed by atoms with van der Waals surface area (Å²) in [6, 6.07) is 14.4. The standard InChI is InChI=1S/C30H31FN4O6/c1-30(2,28(38)34-29(39)32-12-15-36)24-20-4-3-5-22(31)25(20)41-26-21(24)10-11-23(33-26)18-6-8-19(9-7-18)27(37)35-13-16-40-17-14-35/h3-11,24,36H,12-17H2,1-2H3,(H2,32,34,38,39). The van der Waals surface area contributed by atoms with E-state index in [0.29, 0.717) is 48.7 Å². The monoisotopic (exact) mass is 562 g/mol. The van der Waals surface area contributed by atoms with Gasteiger partial charge < -0.3 is 24.8 Å². The first-order valence-corrected chi connectivity index (χ1v) is 13.4. The molecule has 1 unspecified atom stereocenters. The molecule has 0 radical (unpaired) electrons. The predicted molar refractivity (Wildman–Crippen MR) is 147 cm³/mol. The highest BCUT2D eigenvalue weighted by molar-refractivity contribution is 5.98. The number of urea groups is 1. The van der Waals surface area contributed by atoms with Crippen LogP contribution in [0.2, 0.25) is 0 Å². The van der Waals surface area contributed by atoms with Gasteiger partial charge in [0, 0.05) is 47.8 Å². The number of rotatable bonds is 6. The average molecular weight is 563 g/mol. The number of benzene rings is 2. The molecule has 0 aliphatic carbocycles. The first kappa shape index (κ1) is 28.2. The number of morpholine rings is 1. The summed E-state index contributed by atoms with van der Waals surface area (Å²) in [4.78, 5) is 44.7. The van der Waals surface area contributed by atoms with E-state index in [9.17, 15) is 18.8 Å². The number of imide groups is 1. The van der Waals surface area contributed by atoms with Crippen molar-refractivity contribution in [2.75, 3.05) is 39.5 Å². The molecule has 41 heavy (non-hydrogen) atoms. The van der Waals surface area contributed by atoms with Gasteiger partial charge in [0.15, 0.2) is 11.6 Å². The maximum Gasteiger partial charge on any atom is 0.321 e. The Balaban J connectivity index is 1.46. The molecule has 1 fully saturated rings. The van der Waals surface area contributed by atoms with Gasteiger partial charge in [-0.25, -0.2) is 14.2 Å². The Bertz CT molecular complexity index is 1470. The topological polar surface area (TPSA) is 130 Å². The van der Waals surface area contributed by atoms with Crippen molar-refractivity contribution in [2.24, 2.45) is 5.41 Å². The number of carbonyl (C=O) groups excluding carboxylic acids is 3. The summed E-state index contributed by atoms with van der Waals surface area (Å²) < 4.78 is 26.3. The average Bonchev–Trinajstić information content (AvgIpc) is 2.99. The van der Waals surface area contributed by atoms with Gasteiger partial charge >= 0.3 is 6.03 Å². The van der Waals surface area contributed by atoms with Gasteiger partial charge in [-0.2, -0.15) is 0 Å². The number of aliphatic hydroxyl groups excluding tert-OH is 1. The second-order valence-corrected chi connectivity index (χ2v) is 10.4. The van der Waals surface area contributed by atoms with Crippen LogP contribution >= 0.6 is 0 Å². The maximum atomic E-state index is 15.0. The molecule has 11 heteroatoms. The summed E-state index contributed by atoms with van der Waals surface area (Å²) >= 11 is 0. The van der Waals surface area contributed by atoms with Gasteiger partial charge in [0.1, 0.15) is 0 Å². The second kappa shape index (κ2) is 11.6. The first-order chi connectivity index (χ1) is 19.7. The number of carbonyl (C=O) groups is 3. The fraction of sp³-hybridized carbons (Fsp3) is 0.333. The number of nitrogens with one attached hydrogen (secondary N) is 2. The van der Waals surface area contributed by atoms with Crippen LogP contribution in [0.3, 0.4) is 0 Å². The van der Waals surface area contributed by atoms with Gasteiger partial charge in [0.05, 0.1) is 30.9 Å². The minimum atomic E-state index is -1.23. The molecule has 0 saturated carbocycles. The van der Waals surface area contributed by atoms with Crippen LogP contribution in [0.15, 0.2) is 54.6 Å². The number of hydrogen-bond acceptors (Lipinski definition) is 7. The number of amides is 4. The van der Waals surface area contributed by atoms with Crippen molar-refractivity contribution in [1.29, 1.82) is 0 Å². The molecule has 10 nitrogen and oxygen atoms in total.